The predicted molar refractivity (Wildman–Crippen MR) is 97.5 cm³/mol. The van der Waals surface area contributed by atoms with E-state index >= 15 is 0 Å². The van der Waals surface area contributed by atoms with Crippen LogP contribution in [-0.2, 0) is 6.42 Å². The van der Waals surface area contributed by atoms with Crippen LogP contribution in [-0.4, -0.2) is 28.3 Å². The van der Waals surface area contributed by atoms with Crippen molar-refractivity contribution in [1.29, 1.82) is 0 Å². The van der Waals surface area contributed by atoms with Gasteiger partial charge in [-0.1, -0.05) is 12.1 Å². The summed E-state index contributed by atoms with van der Waals surface area (Å²) < 4.78 is 18.7. The zero-order valence-electron chi connectivity index (χ0n) is 15.0. The number of benzene rings is 1. The number of aliphatic hydroxyl groups excluding tert-OH is 1. The lowest BCUT2D eigenvalue weighted by Gasteiger charge is -2.32. The Bertz CT molecular complexity index is 770. The van der Waals surface area contributed by atoms with Crippen LogP contribution in [0.25, 0.3) is 0 Å². The molecule has 26 heavy (non-hydrogen) atoms. The second-order valence-electron chi connectivity index (χ2n) is 7.75. The fourth-order valence-corrected chi connectivity index (χ4v) is 4.68. The van der Waals surface area contributed by atoms with Gasteiger partial charge in [-0.3, -0.25) is 4.98 Å². The van der Waals surface area contributed by atoms with Crippen molar-refractivity contribution in [3.05, 3.63) is 59.7 Å². The van der Waals surface area contributed by atoms with Crippen LogP contribution in [0.1, 0.15) is 49.3 Å². The Morgan fingerprint density at radius 3 is 2.58 bits per heavy atom. The topological polar surface area (TPSA) is 54.4 Å². The van der Waals surface area contributed by atoms with Gasteiger partial charge in [0.05, 0.1) is 19.4 Å². The summed E-state index contributed by atoms with van der Waals surface area (Å²) in [5, 5.41) is 14.6. The Hall–Kier alpha value is -1.98. The van der Waals surface area contributed by atoms with E-state index in [9.17, 15) is 9.50 Å². The summed E-state index contributed by atoms with van der Waals surface area (Å²) in [6, 6.07) is 9.60. The average molecular weight is 356 g/mol. The van der Waals surface area contributed by atoms with Gasteiger partial charge in [0.1, 0.15) is 11.6 Å². The van der Waals surface area contributed by atoms with Crippen molar-refractivity contribution >= 4 is 0 Å². The molecular weight excluding hydrogens is 331 g/mol. The number of nitrogens with zero attached hydrogens (tertiary/aromatic N) is 1. The number of rotatable bonds is 6. The molecular formula is C21H25FN2O2. The molecule has 0 saturated carbocycles. The Kier molecular flexibility index (Phi) is 4.45. The minimum Gasteiger partial charge on any atom is -0.497 e. The van der Waals surface area contributed by atoms with Gasteiger partial charge in [0.25, 0.3) is 0 Å². The average Bonchev–Trinajstić information content (AvgIpc) is 3.24. The Morgan fingerprint density at radius 1 is 1.19 bits per heavy atom. The number of pyridine rings is 1. The normalized spacial score (nSPS) is 28.3. The summed E-state index contributed by atoms with van der Waals surface area (Å²) in [6.45, 7) is 0. The quantitative estimate of drug-likeness (QED) is 0.831. The highest BCUT2D eigenvalue weighted by molar-refractivity contribution is 5.28. The third-order valence-corrected chi connectivity index (χ3v) is 6.23. The lowest BCUT2D eigenvalue weighted by atomic mass is 9.76. The lowest BCUT2D eigenvalue weighted by Crippen LogP contribution is -2.46. The van der Waals surface area contributed by atoms with Crippen molar-refractivity contribution < 1.29 is 14.2 Å². The maximum atomic E-state index is 13.5. The number of ether oxygens (including phenoxy) is 1. The standard InChI is InChI=1S/C21H25FN2O2/c1-26-18-4-2-15(3-5-18)6-7-20-8-10-21(24-20,11-9-20)19(25)16-12-17(22)14-23-13-16/h2-5,12-14,19,24-25H,6-11H2,1H3. The van der Waals surface area contributed by atoms with Crippen LogP contribution in [0.2, 0.25) is 0 Å². The molecule has 2 fully saturated rings. The highest BCUT2D eigenvalue weighted by atomic mass is 19.1. The molecule has 5 heteroatoms. The first-order chi connectivity index (χ1) is 12.5. The van der Waals surface area contributed by atoms with Crippen LogP contribution in [0.15, 0.2) is 42.7 Å². The molecule has 0 radical (unpaired) electrons. The lowest BCUT2D eigenvalue weighted by molar-refractivity contribution is 0.0730. The van der Waals surface area contributed by atoms with Crippen molar-refractivity contribution in [2.45, 2.75) is 55.7 Å². The van der Waals surface area contributed by atoms with Crippen molar-refractivity contribution in [3.63, 3.8) is 0 Å². The molecule has 4 rings (SSSR count). The van der Waals surface area contributed by atoms with Crippen LogP contribution in [0.5, 0.6) is 5.75 Å². The molecule has 2 bridgehead atoms. The number of methoxy groups -OCH3 is 1. The molecule has 2 aromatic rings. The molecule has 2 aliphatic rings. The molecule has 1 atom stereocenters. The number of hydrogen-bond acceptors (Lipinski definition) is 4. The van der Waals surface area contributed by atoms with Crippen LogP contribution in [0.4, 0.5) is 4.39 Å². The summed E-state index contributed by atoms with van der Waals surface area (Å²) in [6.07, 6.45) is 7.95. The highest BCUT2D eigenvalue weighted by Crippen LogP contribution is 2.52. The van der Waals surface area contributed by atoms with Crippen LogP contribution < -0.4 is 10.1 Å². The minimum absolute atomic E-state index is 0.0711. The predicted octanol–water partition coefficient (Wildman–Crippen LogP) is 3.55. The van der Waals surface area contributed by atoms with Gasteiger partial charge in [-0.15, -0.1) is 0 Å². The SMILES string of the molecule is COc1ccc(CCC23CCC(C(O)c4cncc(F)c4)(CC2)N3)cc1. The molecule has 0 aliphatic carbocycles. The number of aromatic nitrogens is 1. The van der Waals surface area contributed by atoms with E-state index in [1.807, 2.05) is 12.1 Å². The zero-order valence-corrected chi connectivity index (χ0v) is 15.0. The van der Waals surface area contributed by atoms with E-state index in [1.165, 1.54) is 17.8 Å². The molecule has 2 saturated heterocycles. The fourth-order valence-electron chi connectivity index (χ4n) is 4.68. The summed E-state index contributed by atoms with van der Waals surface area (Å²) in [5.74, 6) is 0.470. The summed E-state index contributed by atoms with van der Waals surface area (Å²) in [4.78, 5) is 3.89. The third kappa shape index (κ3) is 3.10. The van der Waals surface area contributed by atoms with Crippen molar-refractivity contribution in [2.24, 2.45) is 0 Å². The molecule has 4 nitrogen and oxygen atoms in total. The molecule has 1 unspecified atom stereocenters. The van der Waals surface area contributed by atoms with Gasteiger partial charge >= 0.3 is 0 Å². The minimum atomic E-state index is -0.726. The van der Waals surface area contributed by atoms with Crippen molar-refractivity contribution in [3.8, 4) is 5.75 Å². The first-order valence-electron chi connectivity index (χ1n) is 9.25. The van der Waals surface area contributed by atoms with Crippen molar-refractivity contribution in [2.75, 3.05) is 7.11 Å². The largest absolute Gasteiger partial charge is 0.497 e. The van der Waals surface area contributed by atoms with Gasteiger partial charge in [0.2, 0.25) is 0 Å². The molecule has 1 aromatic heterocycles. The molecule has 2 N–H and O–H groups in total. The third-order valence-electron chi connectivity index (χ3n) is 6.23. The first kappa shape index (κ1) is 17.4. The summed E-state index contributed by atoms with van der Waals surface area (Å²) in [7, 11) is 1.67. The monoisotopic (exact) mass is 356 g/mol. The molecule has 3 heterocycles. The van der Waals surface area contributed by atoms with Crippen LogP contribution >= 0.6 is 0 Å². The molecule has 2 aliphatic heterocycles. The Balaban J connectivity index is 1.44. The summed E-state index contributed by atoms with van der Waals surface area (Å²) >= 11 is 0. The Morgan fingerprint density at radius 2 is 1.92 bits per heavy atom. The smallest absolute Gasteiger partial charge is 0.141 e. The van der Waals surface area contributed by atoms with Crippen LogP contribution in [0, 0.1) is 5.82 Å². The van der Waals surface area contributed by atoms with E-state index in [0.717, 1.165) is 44.3 Å². The van der Waals surface area contributed by atoms with Gasteiger partial charge in [-0.25, -0.2) is 4.39 Å². The van der Waals surface area contributed by atoms with Crippen LogP contribution in [0.3, 0.4) is 0 Å². The van der Waals surface area contributed by atoms with E-state index in [2.05, 4.69) is 22.4 Å². The first-order valence-corrected chi connectivity index (χ1v) is 9.25. The van der Waals surface area contributed by atoms with E-state index < -0.39 is 11.9 Å². The number of aliphatic hydroxyl groups is 1. The summed E-state index contributed by atoms with van der Waals surface area (Å²) in [5.41, 5.74) is 1.57. The zero-order chi connectivity index (χ0) is 18.2. The molecule has 138 valence electrons. The number of halogens is 1. The van der Waals surface area contributed by atoms with Crippen molar-refractivity contribution in [1.82, 2.24) is 10.3 Å². The molecule has 0 amide bonds. The molecule has 1 aromatic carbocycles. The van der Waals surface area contributed by atoms with E-state index in [-0.39, 0.29) is 11.1 Å². The maximum absolute atomic E-state index is 13.5. The van der Waals surface area contributed by atoms with Gasteiger partial charge in [0, 0.05) is 22.8 Å². The number of nitrogens with one attached hydrogen (secondary N) is 1. The Labute approximate surface area is 153 Å². The van der Waals surface area contributed by atoms with Gasteiger partial charge in [-0.2, -0.15) is 0 Å². The second-order valence-corrected chi connectivity index (χ2v) is 7.75. The maximum Gasteiger partial charge on any atom is 0.141 e. The fraction of sp³-hybridized carbons (Fsp3) is 0.476. The highest BCUT2D eigenvalue weighted by Gasteiger charge is 2.56. The number of aryl methyl sites for hydroxylation is 1. The second kappa shape index (κ2) is 6.63. The molecule has 0 spiro atoms. The van der Waals surface area contributed by atoms with Gasteiger partial charge in [-0.05, 0) is 62.3 Å². The van der Waals surface area contributed by atoms with E-state index in [0.29, 0.717) is 5.56 Å². The van der Waals surface area contributed by atoms with Gasteiger partial charge < -0.3 is 15.2 Å². The van der Waals surface area contributed by atoms with E-state index in [1.54, 1.807) is 13.3 Å². The van der Waals surface area contributed by atoms with Gasteiger partial charge in [0.15, 0.2) is 0 Å². The number of hydrogen-bond donors (Lipinski definition) is 2. The number of fused-ring (bicyclic) bond motifs is 2. The van der Waals surface area contributed by atoms with E-state index in [4.69, 9.17) is 4.74 Å².